The fourth-order valence-electron chi connectivity index (χ4n) is 1.58. The quantitative estimate of drug-likeness (QED) is 0.784. The fourth-order valence-corrected chi connectivity index (χ4v) is 2.29. The van der Waals surface area contributed by atoms with Crippen LogP contribution in [0.4, 0.5) is 0 Å². The molecule has 1 aromatic heterocycles. The van der Waals surface area contributed by atoms with Gasteiger partial charge in [0.15, 0.2) is 0 Å². The van der Waals surface area contributed by atoms with Gasteiger partial charge in [0.25, 0.3) is 0 Å². The smallest absolute Gasteiger partial charge is 0.423 e. The van der Waals surface area contributed by atoms with Crippen molar-refractivity contribution in [2.75, 3.05) is 0 Å². The lowest BCUT2D eigenvalue weighted by molar-refractivity contribution is 0.425. The highest BCUT2D eigenvalue weighted by Crippen LogP contribution is 2.24. The highest BCUT2D eigenvalue weighted by Gasteiger charge is 2.17. The normalized spacial score (nSPS) is 10.1. The van der Waals surface area contributed by atoms with E-state index in [1.807, 2.05) is 29.6 Å². The summed E-state index contributed by atoms with van der Waals surface area (Å²) >= 11 is 1.58. The molecule has 0 aliphatic rings. The van der Waals surface area contributed by atoms with Gasteiger partial charge in [-0.05, 0) is 28.0 Å². The van der Waals surface area contributed by atoms with Gasteiger partial charge in [-0.1, -0.05) is 36.9 Å². The summed E-state index contributed by atoms with van der Waals surface area (Å²) in [6, 6.07) is 11.1. The third-order valence-electron chi connectivity index (χ3n) is 2.38. The van der Waals surface area contributed by atoms with Crippen molar-refractivity contribution >= 4 is 29.5 Å². The summed E-state index contributed by atoms with van der Waals surface area (Å²) < 4.78 is 0. The van der Waals surface area contributed by atoms with E-state index in [1.165, 1.54) is 0 Å². The van der Waals surface area contributed by atoms with E-state index in [1.54, 1.807) is 23.5 Å². The standard InChI is InChI=1S/C12H11BO2S/c1-9(12-7-4-8-16-12)10-5-2-3-6-11(10)13(14)15/h2-8,14-15H,1H2. The molecule has 0 fully saturated rings. The Hall–Kier alpha value is -1.36. The molecule has 1 heterocycles. The summed E-state index contributed by atoms with van der Waals surface area (Å²) in [7, 11) is -1.46. The van der Waals surface area contributed by atoms with Crippen molar-refractivity contribution in [2.24, 2.45) is 0 Å². The third kappa shape index (κ3) is 2.09. The van der Waals surface area contributed by atoms with Crippen molar-refractivity contribution in [3.05, 3.63) is 58.8 Å². The molecule has 0 spiro atoms. The van der Waals surface area contributed by atoms with E-state index in [2.05, 4.69) is 6.58 Å². The Kier molecular flexibility index (Phi) is 3.24. The zero-order chi connectivity index (χ0) is 11.5. The topological polar surface area (TPSA) is 40.5 Å². The molecule has 0 radical (unpaired) electrons. The lowest BCUT2D eigenvalue weighted by Crippen LogP contribution is -2.32. The highest BCUT2D eigenvalue weighted by molar-refractivity contribution is 7.11. The Labute approximate surface area is 98.7 Å². The Morgan fingerprint density at radius 3 is 2.50 bits per heavy atom. The largest absolute Gasteiger partial charge is 0.489 e. The molecule has 0 amide bonds. The van der Waals surface area contributed by atoms with E-state index in [0.29, 0.717) is 5.46 Å². The van der Waals surface area contributed by atoms with Crippen LogP contribution < -0.4 is 5.46 Å². The molecule has 0 aliphatic heterocycles. The minimum absolute atomic E-state index is 0.487. The first-order valence-corrected chi connectivity index (χ1v) is 5.76. The number of hydrogen-bond donors (Lipinski definition) is 2. The van der Waals surface area contributed by atoms with Gasteiger partial charge in [0.05, 0.1) is 0 Å². The second kappa shape index (κ2) is 4.66. The number of thiophene rings is 1. The van der Waals surface area contributed by atoms with Crippen LogP contribution in [0, 0.1) is 0 Å². The van der Waals surface area contributed by atoms with Gasteiger partial charge in [-0.2, -0.15) is 0 Å². The maximum absolute atomic E-state index is 9.27. The van der Waals surface area contributed by atoms with Gasteiger partial charge in [0.2, 0.25) is 0 Å². The first-order chi connectivity index (χ1) is 7.70. The predicted molar refractivity (Wildman–Crippen MR) is 68.7 cm³/mol. The van der Waals surface area contributed by atoms with Crippen molar-refractivity contribution in [3.8, 4) is 0 Å². The molecule has 0 bridgehead atoms. The summed E-state index contributed by atoms with van der Waals surface area (Å²) in [5.74, 6) is 0. The lowest BCUT2D eigenvalue weighted by Gasteiger charge is -2.09. The van der Waals surface area contributed by atoms with Crippen LogP contribution in [0.15, 0.2) is 48.4 Å². The molecule has 0 saturated carbocycles. The summed E-state index contributed by atoms with van der Waals surface area (Å²) in [4.78, 5) is 1.04. The summed E-state index contributed by atoms with van der Waals surface area (Å²) in [5, 5.41) is 20.5. The average molecular weight is 230 g/mol. The molecule has 2 aromatic rings. The summed E-state index contributed by atoms with van der Waals surface area (Å²) in [5.41, 5.74) is 2.08. The molecular weight excluding hydrogens is 219 g/mol. The second-order valence-corrected chi connectivity index (χ2v) is 4.36. The molecule has 1 aromatic carbocycles. The van der Waals surface area contributed by atoms with Gasteiger partial charge >= 0.3 is 7.12 Å². The predicted octanol–water partition coefficient (Wildman–Crippen LogP) is 1.49. The van der Waals surface area contributed by atoms with Gasteiger partial charge in [0.1, 0.15) is 0 Å². The Morgan fingerprint density at radius 2 is 1.88 bits per heavy atom. The maximum atomic E-state index is 9.27. The van der Waals surface area contributed by atoms with Gasteiger partial charge in [0, 0.05) is 4.88 Å². The number of rotatable bonds is 3. The summed E-state index contributed by atoms with van der Waals surface area (Å²) in [6.45, 7) is 4.00. The first-order valence-electron chi connectivity index (χ1n) is 4.88. The first kappa shape index (κ1) is 11.1. The molecule has 0 atom stereocenters. The maximum Gasteiger partial charge on any atom is 0.489 e. The number of hydrogen-bond acceptors (Lipinski definition) is 3. The minimum Gasteiger partial charge on any atom is -0.423 e. The molecule has 0 aliphatic carbocycles. The van der Waals surface area contributed by atoms with E-state index in [9.17, 15) is 10.0 Å². The van der Waals surface area contributed by atoms with E-state index < -0.39 is 7.12 Å². The van der Waals surface area contributed by atoms with E-state index in [4.69, 9.17) is 0 Å². The third-order valence-corrected chi connectivity index (χ3v) is 3.31. The van der Waals surface area contributed by atoms with Crippen molar-refractivity contribution in [2.45, 2.75) is 0 Å². The minimum atomic E-state index is -1.46. The van der Waals surface area contributed by atoms with Gasteiger partial charge < -0.3 is 10.0 Å². The molecule has 2 N–H and O–H groups in total. The van der Waals surface area contributed by atoms with Crippen LogP contribution >= 0.6 is 11.3 Å². The van der Waals surface area contributed by atoms with E-state index in [0.717, 1.165) is 16.0 Å². The van der Waals surface area contributed by atoms with E-state index >= 15 is 0 Å². The van der Waals surface area contributed by atoms with Gasteiger partial charge in [-0.25, -0.2) is 0 Å². The van der Waals surface area contributed by atoms with Crippen LogP contribution in [0.5, 0.6) is 0 Å². The van der Waals surface area contributed by atoms with Crippen LogP contribution in [0.25, 0.3) is 5.57 Å². The molecule has 0 unspecified atom stereocenters. The van der Waals surface area contributed by atoms with Crippen LogP contribution in [0.1, 0.15) is 10.4 Å². The van der Waals surface area contributed by atoms with Crippen LogP contribution in [0.3, 0.4) is 0 Å². The molecular formula is C12H11BO2S. The second-order valence-electron chi connectivity index (χ2n) is 3.42. The fraction of sp³-hybridized carbons (Fsp3) is 0. The zero-order valence-electron chi connectivity index (χ0n) is 8.63. The molecule has 80 valence electrons. The van der Waals surface area contributed by atoms with Gasteiger partial charge in [-0.15, -0.1) is 11.3 Å². The Morgan fingerprint density at radius 1 is 1.12 bits per heavy atom. The summed E-state index contributed by atoms with van der Waals surface area (Å²) in [6.07, 6.45) is 0. The molecule has 16 heavy (non-hydrogen) atoms. The van der Waals surface area contributed by atoms with Crippen LogP contribution in [0.2, 0.25) is 0 Å². The van der Waals surface area contributed by atoms with Crippen LogP contribution in [-0.4, -0.2) is 17.2 Å². The SMILES string of the molecule is C=C(c1cccs1)c1ccccc1B(O)O. The van der Waals surface area contributed by atoms with Gasteiger partial charge in [-0.3, -0.25) is 0 Å². The molecule has 4 heteroatoms. The van der Waals surface area contributed by atoms with E-state index in [-0.39, 0.29) is 0 Å². The lowest BCUT2D eigenvalue weighted by atomic mass is 9.75. The van der Waals surface area contributed by atoms with Crippen molar-refractivity contribution in [3.63, 3.8) is 0 Å². The highest BCUT2D eigenvalue weighted by atomic mass is 32.1. The zero-order valence-corrected chi connectivity index (χ0v) is 9.45. The Balaban J connectivity index is 2.44. The molecule has 2 rings (SSSR count). The average Bonchev–Trinajstić information content (AvgIpc) is 2.81. The number of benzene rings is 1. The van der Waals surface area contributed by atoms with Crippen LogP contribution in [-0.2, 0) is 0 Å². The molecule has 2 nitrogen and oxygen atoms in total. The van der Waals surface area contributed by atoms with Crippen molar-refractivity contribution < 1.29 is 10.0 Å². The monoisotopic (exact) mass is 230 g/mol. The Bertz CT molecular complexity index is 491. The molecule has 0 saturated heterocycles. The van der Waals surface area contributed by atoms with Crippen molar-refractivity contribution in [1.29, 1.82) is 0 Å². The van der Waals surface area contributed by atoms with Crippen molar-refractivity contribution in [1.82, 2.24) is 0 Å².